The van der Waals surface area contributed by atoms with Crippen LogP contribution in [0.2, 0.25) is 0 Å². The lowest BCUT2D eigenvalue weighted by Gasteiger charge is -2.36. The highest BCUT2D eigenvalue weighted by molar-refractivity contribution is 5.98. The molecule has 0 bridgehead atoms. The van der Waals surface area contributed by atoms with E-state index in [0.29, 0.717) is 5.76 Å². The van der Waals surface area contributed by atoms with Crippen LogP contribution in [-0.4, -0.2) is 33.2 Å². The van der Waals surface area contributed by atoms with Gasteiger partial charge in [-0.25, -0.2) is 0 Å². The van der Waals surface area contributed by atoms with E-state index < -0.39 is 6.10 Å². The van der Waals surface area contributed by atoms with Gasteiger partial charge in [0, 0.05) is 18.9 Å². The molecule has 1 aliphatic carbocycles. The van der Waals surface area contributed by atoms with Gasteiger partial charge in [-0.1, -0.05) is 37.3 Å². The molecule has 1 aromatic carbocycles. The summed E-state index contributed by atoms with van der Waals surface area (Å²) >= 11 is 0. The second kappa shape index (κ2) is 6.76. The van der Waals surface area contributed by atoms with Gasteiger partial charge in [-0.2, -0.15) is 0 Å². The number of benzene rings is 1. The van der Waals surface area contributed by atoms with E-state index in [9.17, 15) is 4.79 Å². The Morgan fingerprint density at radius 2 is 1.71 bits per heavy atom. The van der Waals surface area contributed by atoms with Crippen molar-refractivity contribution in [2.75, 3.05) is 21.3 Å². The summed E-state index contributed by atoms with van der Waals surface area (Å²) in [5, 5.41) is 0. The normalized spacial score (nSPS) is 25.9. The van der Waals surface area contributed by atoms with Gasteiger partial charge in [-0.3, -0.25) is 4.79 Å². The number of ketones is 1. The molecule has 0 saturated heterocycles. The fourth-order valence-electron chi connectivity index (χ4n) is 3.04. The van der Waals surface area contributed by atoms with E-state index in [4.69, 9.17) is 14.2 Å². The summed E-state index contributed by atoms with van der Waals surface area (Å²) in [6.45, 7) is 2.05. The zero-order valence-corrected chi connectivity index (χ0v) is 13.0. The Hall–Kier alpha value is -1.81. The maximum absolute atomic E-state index is 12.5. The number of Topliss-reactive ketones (excluding diaryl/α,β-unsaturated/α-hetero) is 1. The van der Waals surface area contributed by atoms with Crippen molar-refractivity contribution in [1.82, 2.24) is 0 Å². The second-order valence-electron chi connectivity index (χ2n) is 5.26. The smallest absolute Gasteiger partial charge is 0.229 e. The molecule has 4 heteroatoms. The average molecular weight is 290 g/mol. The van der Waals surface area contributed by atoms with E-state index in [1.165, 1.54) is 12.7 Å². The molecular weight excluding hydrogens is 268 g/mol. The fraction of sp³-hybridized carbons (Fsp3) is 0.471. The van der Waals surface area contributed by atoms with Gasteiger partial charge in [0.1, 0.15) is 11.9 Å². The highest BCUT2D eigenvalue weighted by Crippen LogP contribution is 2.36. The van der Waals surface area contributed by atoms with Crippen molar-refractivity contribution in [2.24, 2.45) is 11.8 Å². The molecule has 0 heterocycles. The molecule has 3 atom stereocenters. The third kappa shape index (κ3) is 2.95. The molecule has 0 aromatic heterocycles. The molecule has 1 aromatic rings. The SMILES string of the molecule is COC1=C(OC)C(C)C(Cc2ccccc2)C(OC)C1=O. The molecule has 2 rings (SSSR count). The number of hydrogen-bond donors (Lipinski definition) is 0. The van der Waals surface area contributed by atoms with Crippen LogP contribution in [0.1, 0.15) is 12.5 Å². The molecule has 4 nitrogen and oxygen atoms in total. The number of carbonyl (C=O) groups excluding carboxylic acids is 1. The third-order valence-electron chi connectivity index (χ3n) is 4.14. The molecule has 1 aliphatic rings. The van der Waals surface area contributed by atoms with Gasteiger partial charge in [0.05, 0.1) is 14.2 Å². The maximum Gasteiger partial charge on any atom is 0.229 e. The first-order chi connectivity index (χ1) is 10.1. The van der Waals surface area contributed by atoms with Crippen molar-refractivity contribution in [3.8, 4) is 0 Å². The Kier molecular flexibility index (Phi) is 5.02. The van der Waals surface area contributed by atoms with E-state index in [-0.39, 0.29) is 23.4 Å². The number of hydrogen-bond acceptors (Lipinski definition) is 4. The maximum atomic E-state index is 12.5. The lowest BCUT2D eigenvalue weighted by atomic mass is 9.76. The molecule has 0 saturated carbocycles. The highest BCUT2D eigenvalue weighted by atomic mass is 16.5. The quantitative estimate of drug-likeness (QED) is 0.836. The minimum atomic E-state index is -0.506. The van der Waals surface area contributed by atoms with Gasteiger partial charge in [-0.05, 0) is 12.0 Å². The van der Waals surface area contributed by atoms with Crippen molar-refractivity contribution < 1.29 is 19.0 Å². The number of methoxy groups -OCH3 is 3. The second-order valence-corrected chi connectivity index (χ2v) is 5.26. The van der Waals surface area contributed by atoms with Crippen molar-refractivity contribution in [3.05, 3.63) is 47.4 Å². The first kappa shape index (κ1) is 15.6. The molecule has 0 N–H and O–H groups in total. The average Bonchev–Trinajstić information content (AvgIpc) is 2.51. The molecule has 0 spiro atoms. The number of rotatable bonds is 5. The summed E-state index contributed by atoms with van der Waals surface area (Å²) in [7, 11) is 4.63. The lowest BCUT2D eigenvalue weighted by Crippen LogP contribution is -2.43. The first-order valence-corrected chi connectivity index (χ1v) is 7.07. The summed E-state index contributed by atoms with van der Waals surface area (Å²) in [5.41, 5.74) is 1.18. The molecule has 3 unspecified atom stereocenters. The Labute approximate surface area is 125 Å². The summed E-state index contributed by atoms with van der Waals surface area (Å²) < 4.78 is 16.1. The number of ether oxygens (including phenoxy) is 3. The minimum Gasteiger partial charge on any atom is -0.497 e. The number of allylic oxidation sites excluding steroid dienone is 1. The van der Waals surface area contributed by atoms with Crippen LogP contribution in [0.15, 0.2) is 41.9 Å². The molecule has 0 fully saturated rings. The fourth-order valence-corrected chi connectivity index (χ4v) is 3.04. The van der Waals surface area contributed by atoms with Crippen LogP contribution in [0, 0.1) is 11.8 Å². The first-order valence-electron chi connectivity index (χ1n) is 7.07. The van der Waals surface area contributed by atoms with E-state index in [1.807, 2.05) is 25.1 Å². The molecule has 0 amide bonds. The monoisotopic (exact) mass is 290 g/mol. The van der Waals surface area contributed by atoms with E-state index >= 15 is 0 Å². The summed E-state index contributed by atoms with van der Waals surface area (Å²) in [5.74, 6) is 0.820. The Morgan fingerprint density at radius 1 is 1.05 bits per heavy atom. The molecule has 0 aliphatic heterocycles. The van der Waals surface area contributed by atoms with E-state index in [1.54, 1.807) is 14.2 Å². The number of carbonyl (C=O) groups is 1. The standard InChI is InChI=1S/C17H22O4/c1-11-13(10-12-8-6-5-7-9-12)16(20-3)14(18)17(21-4)15(11)19-2/h5-9,11,13,16H,10H2,1-4H3. The Balaban J connectivity index is 2.36. The minimum absolute atomic E-state index is 0.0266. The lowest BCUT2D eigenvalue weighted by molar-refractivity contribution is -0.135. The van der Waals surface area contributed by atoms with Gasteiger partial charge >= 0.3 is 0 Å². The third-order valence-corrected chi connectivity index (χ3v) is 4.14. The van der Waals surface area contributed by atoms with Crippen LogP contribution in [-0.2, 0) is 25.4 Å². The topological polar surface area (TPSA) is 44.8 Å². The van der Waals surface area contributed by atoms with Crippen LogP contribution in [0.5, 0.6) is 0 Å². The predicted octanol–water partition coefficient (Wildman–Crippen LogP) is 2.58. The zero-order chi connectivity index (χ0) is 15.4. The molecular formula is C17H22O4. The van der Waals surface area contributed by atoms with Crippen LogP contribution in [0.3, 0.4) is 0 Å². The molecule has 0 radical (unpaired) electrons. The van der Waals surface area contributed by atoms with E-state index in [0.717, 1.165) is 6.42 Å². The highest BCUT2D eigenvalue weighted by Gasteiger charge is 2.43. The van der Waals surface area contributed by atoms with Crippen LogP contribution in [0.25, 0.3) is 0 Å². The molecule has 21 heavy (non-hydrogen) atoms. The van der Waals surface area contributed by atoms with Crippen LogP contribution >= 0.6 is 0 Å². The summed E-state index contributed by atoms with van der Waals surface area (Å²) in [6, 6.07) is 10.1. The molecule has 114 valence electrons. The Morgan fingerprint density at radius 3 is 2.24 bits per heavy atom. The van der Waals surface area contributed by atoms with Gasteiger partial charge in [0.25, 0.3) is 0 Å². The van der Waals surface area contributed by atoms with Crippen molar-refractivity contribution in [1.29, 1.82) is 0 Å². The van der Waals surface area contributed by atoms with Gasteiger partial charge in [0.15, 0.2) is 0 Å². The van der Waals surface area contributed by atoms with E-state index in [2.05, 4.69) is 12.1 Å². The van der Waals surface area contributed by atoms with Gasteiger partial charge < -0.3 is 14.2 Å². The van der Waals surface area contributed by atoms with Gasteiger partial charge in [0.2, 0.25) is 11.5 Å². The van der Waals surface area contributed by atoms with Crippen molar-refractivity contribution in [3.63, 3.8) is 0 Å². The van der Waals surface area contributed by atoms with Crippen LogP contribution in [0.4, 0.5) is 0 Å². The summed E-state index contributed by atoms with van der Waals surface area (Å²) in [6.07, 6.45) is 0.255. The van der Waals surface area contributed by atoms with Gasteiger partial charge in [-0.15, -0.1) is 0 Å². The largest absolute Gasteiger partial charge is 0.497 e. The zero-order valence-electron chi connectivity index (χ0n) is 13.0. The van der Waals surface area contributed by atoms with Crippen molar-refractivity contribution in [2.45, 2.75) is 19.4 Å². The Bertz CT molecular complexity index is 521. The predicted molar refractivity (Wildman–Crippen MR) is 79.6 cm³/mol. The summed E-state index contributed by atoms with van der Waals surface area (Å²) in [4.78, 5) is 12.5. The van der Waals surface area contributed by atoms with Crippen molar-refractivity contribution >= 4 is 5.78 Å². The van der Waals surface area contributed by atoms with Crippen LogP contribution < -0.4 is 0 Å².